The third-order valence-electron chi connectivity index (χ3n) is 1.60. The summed E-state index contributed by atoms with van der Waals surface area (Å²) < 4.78 is 9.84. The average molecular weight is 250 g/mol. The van der Waals surface area contributed by atoms with Crippen molar-refractivity contribution in [2.75, 3.05) is 14.2 Å². The fraction of sp³-hybridized carbons (Fsp3) is 0.364. The molecule has 0 heterocycles. The van der Waals surface area contributed by atoms with Gasteiger partial charge in [0.25, 0.3) is 0 Å². The second kappa shape index (κ2) is 10.3. The minimum Gasteiger partial charge on any atom is -0.551 e. The van der Waals surface area contributed by atoms with Gasteiger partial charge in [0.2, 0.25) is 0 Å². The molecule has 2 N–H and O–H groups in total. The van der Waals surface area contributed by atoms with Gasteiger partial charge in [0.15, 0.2) is 0 Å². The third-order valence-corrected chi connectivity index (χ3v) is 1.60. The first kappa shape index (κ1) is 18.5. The van der Waals surface area contributed by atoms with Gasteiger partial charge in [-0.25, -0.2) is 0 Å². The van der Waals surface area contributed by atoms with E-state index in [4.69, 9.17) is 19.7 Å². The Morgan fingerprint density at radius 3 is 2.18 bits per heavy atom. The third kappa shape index (κ3) is 7.90. The molecular weight excluding hydrogens is 235 g/mol. The van der Waals surface area contributed by atoms with Gasteiger partial charge in [-0.3, -0.25) is 4.79 Å². The van der Waals surface area contributed by atoms with Gasteiger partial charge in [-0.1, -0.05) is 13.0 Å². The van der Waals surface area contributed by atoms with Gasteiger partial charge < -0.3 is 19.7 Å². The predicted molar refractivity (Wildman–Crippen MR) is 58.0 cm³/mol. The molecule has 0 fully saturated rings. The molecule has 0 atom stereocenters. The second-order valence-electron chi connectivity index (χ2n) is 2.70. The summed E-state index contributed by atoms with van der Waals surface area (Å²) in [6.07, 6.45) is 0.222. The molecule has 17 heavy (non-hydrogen) atoms. The SMILES string of the molecule is CCC(=O)O.COc1c[c-]c(O)cc1OC.[Na+]. The first-order valence-corrected chi connectivity index (χ1v) is 4.59. The molecule has 0 radical (unpaired) electrons. The van der Waals surface area contributed by atoms with Crippen LogP contribution >= 0.6 is 0 Å². The summed E-state index contributed by atoms with van der Waals surface area (Å²) in [6, 6.07) is 5.54. The van der Waals surface area contributed by atoms with E-state index < -0.39 is 5.97 Å². The van der Waals surface area contributed by atoms with Gasteiger partial charge in [0, 0.05) is 17.9 Å². The van der Waals surface area contributed by atoms with Crippen LogP contribution in [-0.2, 0) is 4.79 Å². The number of phenolic OH excluding ortho intramolecular Hbond substituents is 1. The molecule has 0 amide bonds. The van der Waals surface area contributed by atoms with Gasteiger partial charge in [0.05, 0.1) is 20.0 Å². The largest absolute Gasteiger partial charge is 1.00 e. The van der Waals surface area contributed by atoms with Crippen molar-refractivity contribution in [2.24, 2.45) is 0 Å². The van der Waals surface area contributed by atoms with Crippen LogP contribution in [0.15, 0.2) is 12.1 Å². The number of carboxylic acids is 1. The van der Waals surface area contributed by atoms with E-state index in [1.807, 2.05) is 0 Å². The number of hydrogen-bond acceptors (Lipinski definition) is 4. The van der Waals surface area contributed by atoms with Gasteiger partial charge in [0.1, 0.15) is 0 Å². The molecule has 0 saturated carbocycles. The molecule has 0 aliphatic heterocycles. The van der Waals surface area contributed by atoms with Gasteiger partial charge >= 0.3 is 35.5 Å². The Morgan fingerprint density at radius 2 is 1.82 bits per heavy atom. The number of methoxy groups -OCH3 is 2. The Labute approximate surface area is 123 Å². The first-order valence-electron chi connectivity index (χ1n) is 4.59. The van der Waals surface area contributed by atoms with Crippen molar-refractivity contribution in [1.82, 2.24) is 0 Å². The molecule has 1 aromatic rings. The zero-order chi connectivity index (χ0) is 12.6. The Bertz CT molecular complexity index is 341. The molecule has 1 rings (SSSR count). The smallest absolute Gasteiger partial charge is 0.551 e. The average Bonchev–Trinajstić information content (AvgIpc) is 2.29. The van der Waals surface area contributed by atoms with E-state index in [0.29, 0.717) is 11.5 Å². The van der Waals surface area contributed by atoms with Crippen molar-refractivity contribution >= 4 is 5.97 Å². The maximum absolute atomic E-state index is 9.37. The number of carbonyl (C=O) groups is 1. The van der Waals surface area contributed by atoms with Crippen molar-refractivity contribution < 1.29 is 54.0 Å². The molecule has 6 heteroatoms. The van der Waals surface area contributed by atoms with Crippen molar-refractivity contribution in [2.45, 2.75) is 13.3 Å². The number of rotatable bonds is 3. The molecule has 0 saturated heterocycles. The van der Waals surface area contributed by atoms with E-state index in [2.05, 4.69) is 6.07 Å². The quantitative estimate of drug-likeness (QED) is 0.515. The molecule has 90 valence electrons. The number of benzene rings is 1. The van der Waals surface area contributed by atoms with Crippen LogP contribution in [0.4, 0.5) is 0 Å². The fourth-order valence-electron chi connectivity index (χ4n) is 0.767. The number of hydrogen-bond donors (Lipinski definition) is 2. The van der Waals surface area contributed by atoms with Gasteiger partial charge in [-0.2, -0.15) is 0 Å². The van der Waals surface area contributed by atoms with Gasteiger partial charge in [-0.15, -0.1) is 12.1 Å². The van der Waals surface area contributed by atoms with Crippen molar-refractivity contribution in [1.29, 1.82) is 0 Å². The van der Waals surface area contributed by atoms with E-state index in [0.717, 1.165) is 0 Å². The van der Waals surface area contributed by atoms with Crippen LogP contribution in [0, 0.1) is 6.07 Å². The molecule has 0 bridgehead atoms. The normalized spacial score (nSPS) is 8.18. The predicted octanol–water partition coefficient (Wildman–Crippen LogP) is -1.31. The number of ether oxygens (including phenoxy) is 2. The summed E-state index contributed by atoms with van der Waals surface area (Å²) >= 11 is 0. The number of phenols is 1. The van der Waals surface area contributed by atoms with Crippen LogP contribution in [-0.4, -0.2) is 30.4 Å². The Hall–Kier alpha value is -0.910. The summed E-state index contributed by atoms with van der Waals surface area (Å²) in [5, 5.41) is 16.7. The zero-order valence-corrected chi connectivity index (χ0v) is 12.5. The van der Waals surface area contributed by atoms with Crippen LogP contribution in [0.5, 0.6) is 17.2 Å². The minimum atomic E-state index is -0.745. The second-order valence-corrected chi connectivity index (χ2v) is 2.70. The van der Waals surface area contributed by atoms with Crippen LogP contribution in [0.2, 0.25) is 0 Å². The Kier molecular flexibility index (Phi) is 11.1. The summed E-state index contributed by atoms with van der Waals surface area (Å²) in [7, 11) is 3.04. The van der Waals surface area contributed by atoms with Crippen molar-refractivity contribution in [3.63, 3.8) is 0 Å². The summed E-state index contributed by atoms with van der Waals surface area (Å²) in [4.78, 5) is 9.37. The summed E-state index contributed by atoms with van der Waals surface area (Å²) in [6.45, 7) is 1.60. The van der Waals surface area contributed by atoms with Crippen LogP contribution in [0.3, 0.4) is 0 Å². The molecule has 0 aliphatic rings. The molecule has 0 unspecified atom stereocenters. The van der Waals surface area contributed by atoms with Crippen LogP contribution in [0.25, 0.3) is 0 Å². The molecule has 0 aliphatic carbocycles. The van der Waals surface area contributed by atoms with Crippen molar-refractivity contribution in [3.05, 3.63) is 18.2 Å². The van der Waals surface area contributed by atoms with Gasteiger partial charge in [-0.05, 0) is 0 Å². The number of aliphatic carboxylic acids is 1. The van der Waals surface area contributed by atoms with E-state index in [9.17, 15) is 4.79 Å². The summed E-state index contributed by atoms with van der Waals surface area (Å²) in [5.74, 6) is 0.363. The Balaban J connectivity index is 0. The molecule has 5 nitrogen and oxygen atoms in total. The standard InChI is InChI=1S/C8H9O3.C3H6O2.Na/c1-10-7-4-3-6(9)5-8(7)11-2;1-2-3(4)5;/h4-5,9H,1-2H3;2H2,1H3,(H,4,5);/q-1;;+1. The Morgan fingerprint density at radius 1 is 1.35 bits per heavy atom. The monoisotopic (exact) mass is 250 g/mol. The fourth-order valence-corrected chi connectivity index (χ4v) is 0.767. The minimum absolute atomic E-state index is 0. The zero-order valence-electron chi connectivity index (χ0n) is 10.5. The number of carboxylic acid groups (broad SMARTS) is 1. The van der Waals surface area contributed by atoms with Crippen LogP contribution in [0.1, 0.15) is 13.3 Å². The molecule has 0 spiro atoms. The van der Waals surface area contributed by atoms with E-state index >= 15 is 0 Å². The maximum atomic E-state index is 9.37. The van der Waals surface area contributed by atoms with Crippen LogP contribution < -0.4 is 39.0 Å². The first-order chi connectivity index (χ1) is 7.54. The van der Waals surface area contributed by atoms with E-state index in [1.54, 1.807) is 6.92 Å². The molecular formula is C11H15NaO5. The topological polar surface area (TPSA) is 76.0 Å². The van der Waals surface area contributed by atoms with E-state index in [1.165, 1.54) is 26.4 Å². The molecule has 0 aromatic heterocycles. The van der Waals surface area contributed by atoms with E-state index in [-0.39, 0.29) is 41.7 Å². The summed E-state index contributed by atoms with van der Waals surface area (Å²) in [5.41, 5.74) is 0. The number of aromatic hydroxyl groups is 1. The van der Waals surface area contributed by atoms with Crippen molar-refractivity contribution in [3.8, 4) is 17.2 Å². The maximum Gasteiger partial charge on any atom is 1.00 e. The molecule has 1 aromatic carbocycles.